The van der Waals surface area contributed by atoms with Crippen molar-refractivity contribution < 1.29 is 26.6 Å². The van der Waals surface area contributed by atoms with Crippen LogP contribution in [0.4, 0.5) is 0 Å². The Kier molecular flexibility index (Phi) is 7.42. The van der Waals surface area contributed by atoms with Crippen LogP contribution in [0, 0.1) is 24.7 Å². The van der Waals surface area contributed by atoms with E-state index < -0.39 is 18.4 Å². The van der Waals surface area contributed by atoms with Crippen LogP contribution in [-0.4, -0.2) is 48.4 Å². The maximum atomic E-state index is 12.8. The highest BCUT2D eigenvalue weighted by Crippen LogP contribution is 2.48. The molecule has 1 aromatic rings. The number of fused-ring (bicyclic) bond motifs is 1. The molecule has 5 atom stereocenters. The Morgan fingerprint density at radius 1 is 1.12 bits per heavy atom. The summed E-state index contributed by atoms with van der Waals surface area (Å²) in [7, 11) is -4.33. The highest BCUT2D eigenvalue weighted by molar-refractivity contribution is 7.86. The molecule has 0 N–H and O–H groups in total. The van der Waals surface area contributed by atoms with Gasteiger partial charge in [0.15, 0.2) is 8.32 Å². The maximum Gasteiger partial charge on any atom is 0.296 e. The molecule has 0 saturated heterocycles. The van der Waals surface area contributed by atoms with E-state index in [1.165, 1.54) is 0 Å². The van der Waals surface area contributed by atoms with E-state index in [9.17, 15) is 13.2 Å². The Labute approximate surface area is 194 Å². The molecular weight excluding hydrogens is 444 g/mol. The quantitative estimate of drug-likeness (QED) is 0.413. The lowest BCUT2D eigenvalue weighted by Crippen LogP contribution is -2.55. The SMILES string of the molecule is CO[C@@H]1[C@H]2C(=O)CC[C@H]2[C@@H](COS(=O)(=O)c2ccc(C)cc2)C[C@H]1O[Si](C)(C)C(C)(C)C. The van der Waals surface area contributed by atoms with Crippen LogP contribution in [0.25, 0.3) is 0 Å². The van der Waals surface area contributed by atoms with Crippen molar-refractivity contribution in [1.29, 1.82) is 0 Å². The van der Waals surface area contributed by atoms with Gasteiger partial charge in [-0.15, -0.1) is 0 Å². The molecule has 0 radical (unpaired) electrons. The number of hydrogen-bond acceptors (Lipinski definition) is 6. The summed E-state index contributed by atoms with van der Waals surface area (Å²) in [6.07, 6.45) is 1.33. The van der Waals surface area contributed by atoms with Gasteiger partial charge in [-0.1, -0.05) is 38.5 Å². The number of carbonyl (C=O) groups excluding carboxylic acids is 1. The summed E-state index contributed by atoms with van der Waals surface area (Å²) in [4.78, 5) is 13.0. The van der Waals surface area contributed by atoms with Gasteiger partial charge >= 0.3 is 0 Å². The first kappa shape index (κ1) is 25.6. The van der Waals surface area contributed by atoms with Gasteiger partial charge in [-0.25, -0.2) is 0 Å². The van der Waals surface area contributed by atoms with Crippen molar-refractivity contribution in [3.05, 3.63) is 29.8 Å². The van der Waals surface area contributed by atoms with E-state index in [4.69, 9.17) is 13.3 Å². The van der Waals surface area contributed by atoms with Crippen LogP contribution in [-0.2, 0) is 28.3 Å². The van der Waals surface area contributed by atoms with Crippen molar-refractivity contribution in [3.63, 3.8) is 0 Å². The molecule has 0 amide bonds. The lowest BCUT2D eigenvalue weighted by molar-refractivity contribution is -0.139. The normalized spacial score (nSPS) is 29.2. The van der Waals surface area contributed by atoms with Crippen molar-refractivity contribution in [3.8, 4) is 0 Å². The number of Topliss-reactive ketones (excluding diaryl/α,β-unsaturated/α-hetero) is 1. The predicted molar refractivity (Wildman–Crippen MR) is 127 cm³/mol. The molecule has 0 spiro atoms. The molecule has 32 heavy (non-hydrogen) atoms. The number of methoxy groups -OCH3 is 1. The van der Waals surface area contributed by atoms with Crippen LogP contribution in [0.5, 0.6) is 0 Å². The van der Waals surface area contributed by atoms with E-state index in [2.05, 4.69) is 33.9 Å². The summed E-state index contributed by atoms with van der Waals surface area (Å²) < 4.78 is 43.6. The minimum Gasteiger partial charge on any atom is -0.411 e. The van der Waals surface area contributed by atoms with Gasteiger partial charge in [0, 0.05) is 19.4 Å². The van der Waals surface area contributed by atoms with Crippen molar-refractivity contribution in [2.45, 2.75) is 82.2 Å². The third-order valence-corrected chi connectivity index (χ3v) is 13.5. The molecular formula is C24H38O6SSi. The second-order valence-electron chi connectivity index (χ2n) is 10.9. The van der Waals surface area contributed by atoms with Gasteiger partial charge in [0.05, 0.1) is 23.7 Å². The molecule has 0 aliphatic heterocycles. The average Bonchev–Trinajstić information content (AvgIpc) is 3.07. The van der Waals surface area contributed by atoms with Crippen LogP contribution >= 0.6 is 0 Å². The van der Waals surface area contributed by atoms with Gasteiger partial charge < -0.3 is 9.16 Å². The van der Waals surface area contributed by atoms with Gasteiger partial charge in [0.1, 0.15) is 5.78 Å². The third-order valence-electron chi connectivity index (χ3n) is 7.69. The zero-order valence-corrected chi connectivity index (χ0v) is 22.2. The van der Waals surface area contributed by atoms with Crippen LogP contribution in [0.15, 0.2) is 29.2 Å². The number of benzene rings is 1. The van der Waals surface area contributed by atoms with Crippen LogP contribution < -0.4 is 0 Å². The molecule has 3 rings (SSSR count). The number of rotatable bonds is 7. The fourth-order valence-corrected chi connectivity index (χ4v) is 7.10. The lowest BCUT2D eigenvalue weighted by Gasteiger charge is -2.47. The Hall–Kier alpha value is -1.06. The molecule has 0 bridgehead atoms. The molecule has 2 aliphatic carbocycles. The monoisotopic (exact) mass is 482 g/mol. The molecule has 8 heteroatoms. The summed E-state index contributed by atoms with van der Waals surface area (Å²) in [5.74, 6) is -0.0938. The van der Waals surface area contributed by atoms with E-state index in [-0.39, 0.29) is 52.3 Å². The molecule has 0 aromatic heterocycles. The summed E-state index contributed by atoms with van der Waals surface area (Å²) in [6, 6.07) is 6.65. The number of ketones is 1. The Bertz CT molecular complexity index is 919. The number of hydrogen-bond donors (Lipinski definition) is 0. The summed E-state index contributed by atoms with van der Waals surface area (Å²) >= 11 is 0. The minimum atomic E-state index is -3.86. The van der Waals surface area contributed by atoms with Crippen molar-refractivity contribution in [2.75, 3.05) is 13.7 Å². The number of aryl methyl sites for hydroxylation is 1. The van der Waals surface area contributed by atoms with Crippen molar-refractivity contribution >= 4 is 24.2 Å². The second-order valence-corrected chi connectivity index (χ2v) is 17.2. The first-order valence-corrected chi connectivity index (χ1v) is 15.8. The van der Waals surface area contributed by atoms with E-state index >= 15 is 0 Å². The zero-order valence-electron chi connectivity index (χ0n) is 20.4. The Morgan fingerprint density at radius 2 is 1.75 bits per heavy atom. The highest BCUT2D eigenvalue weighted by atomic mass is 32.2. The molecule has 0 heterocycles. The first-order valence-electron chi connectivity index (χ1n) is 11.5. The van der Waals surface area contributed by atoms with E-state index in [1.807, 2.05) is 6.92 Å². The zero-order chi connectivity index (χ0) is 23.9. The molecule has 6 nitrogen and oxygen atoms in total. The third kappa shape index (κ3) is 5.19. The molecule has 2 aliphatic rings. The Balaban J connectivity index is 1.82. The predicted octanol–water partition coefficient (Wildman–Crippen LogP) is 4.72. The Morgan fingerprint density at radius 3 is 2.31 bits per heavy atom. The van der Waals surface area contributed by atoms with Gasteiger partial charge in [-0.3, -0.25) is 8.98 Å². The lowest BCUT2D eigenvalue weighted by atomic mass is 9.71. The number of carbonyl (C=O) groups is 1. The maximum absolute atomic E-state index is 12.8. The van der Waals surface area contributed by atoms with Crippen LogP contribution in [0.2, 0.25) is 18.1 Å². The largest absolute Gasteiger partial charge is 0.411 e. The van der Waals surface area contributed by atoms with Crippen LogP contribution in [0.1, 0.15) is 45.6 Å². The van der Waals surface area contributed by atoms with Crippen molar-refractivity contribution in [2.24, 2.45) is 17.8 Å². The van der Waals surface area contributed by atoms with Gasteiger partial charge in [-0.05, 0) is 61.9 Å². The van der Waals surface area contributed by atoms with E-state index in [1.54, 1.807) is 31.4 Å². The minimum absolute atomic E-state index is 0.0165. The standard InChI is InChI=1S/C24H38O6SSi/c1-16-8-10-18(11-9-16)31(26,27)29-15-17-14-21(30-32(6,7)24(2,3)4)23(28-5)22-19(17)12-13-20(22)25/h8-11,17,19,21-23H,12-15H2,1-7H3/t17-,19+,21-,22-,23+/m1/s1. The fraction of sp³-hybridized carbons (Fsp3) is 0.708. The molecule has 180 valence electrons. The van der Waals surface area contributed by atoms with Gasteiger partial charge in [-0.2, -0.15) is 8.42 Å². The van der Waals surface area contributed by atoms with E-state index in [0.717, 1.165) is 12.0 Å². The molecule has 2 saturated carbocycles. The summed E-state index contributed by atoms with van der Waals surface area (Å²) in [5, 5.41) is 0.0165. The molecule has 2 fully saturated rings. The van der Waals surface area contributed by atoms with Crippen LogP contribution in [0.3, 0.4) is 0 Å². The van der Waals surface area contributed by atoms with Gasteiger partial charge in [0.25, 0.3) is 10.1 Å². The van der Waals surface area contributed by atoms with E-state index in [0.29, 0.717) is 12.8 Å². The summed E-state index contributed by atoms with van der Waals surface area (Å²) in [6.45, 7) is 12.9. The van der Waals surface area contributed by atoms with Crippen molar-refractivity contribution in [1.82, 2.24) is 0 Å². The van der Waals surface area contributed by atoms with Gasteiger partial charge in [0.2, 0.25) is 0 Å². The smallest absolute Gasteiger partial charge is 0.296 e. The summed E-state index contributed by atoms with van der Waals surface area (Å²) in [5.41, 5.74) is 0.986. The highest BCUT2D eigenvalue weighted by Gasteiger charge is 2.53. The second kappa shape index (κ2) is 9.29. The molecule has 0 unspecified atom stereocenters. The molecule has 1 aromatic carbocycles. The topological polar surface area (TPSA) is 78.9 Å². The average molecular weight is 483 g/mol. The first-order chi connectivity index (χ1) is 14.8. The number of ether oxygens (including phenoxy) is 1. The fourth-order valence-electron chi connectivity index (χ4n) is 4.80.